The van der Waals surface area contributed by atoms with E-state index in [0.717, 1.165) is 34.0 Å². The first-order valence-electron chi connectivity index (χ1n) is 9.65. The van der Waals surface area contributed by atoms with E-state index in [2.05, 4.69) is 21.3 Å². The lowest BCUT2D eigenvalue weighted by molar-refractivity contribution is 0.0773. The van der Waals surface area contributed by atoms with Gasteiger partial charge in [0.1, 0.15) is 5.82 Å². The Hall–Kier alpha value is -3.38. The third-order valence-electron chi connectivity index (χ3n) is 5.49. The number of nitrogens with zero attached hydrogens (tertiary/aromatic N) is 2. The summed E-state index contributed by atoms with van der Waals surface area (Å²) in [6.07, 6.45) is 6.27. The maximum absolute atomic E-state index is 13.4. The minimum Gasteiger partial charge on any atom is -0.360 e. The molecule has 30 heavy (non-hydrogen) atoms. The summed E-state index contributed by atoms with van der Waals surface area (Å²) in [5, 5.41) is 8.63. The molecule has 0 fully saturated rings. The lowest BCUT2D eigenvalue weighted by atomic mass is 9.98. The highest BCUT2D eigenvalue weighted by Gasteiger charge is 2.24. The topological polar surface area (TPSA) is 64.8 Å². The van der Waals surface area contributed by atoms with Gasteiger partial charge in [-0.05, 0) is 42.3 Å². The molecule has 0 spiro atoms. The molecule has 0 saturated heterocycles. The first-order chi connectivity index (χ1) is 14.6. The molecular formula is C23H18ClFN4O. The van der Waals surface area contributed by atoms with Gasteiger partial charge in [-0.1, -0.05) is 29.8 Å². The molecule has 0 aliphatic carbocycles. The van der Waals surface area contributed by atoms with Gasteiger partial charge in [-0.25, -0.2) is 4.39 Å². The van der Waals surface area contributed by atoms with Gasteiger partial charge >= 0.3 is 0 Å². The van der Waals surface area contributed by atoms with Crippen LogP contribution in [-0.4, -0.2) is 39.1 Å². The molecular weight excluding hydrogens is 403 g/mol. The number of H-pyrrole nitrogens is 2. The summed E-state index contributed by atoms with van der Waals surface area (Å²) < 4.78 is 13.4. The van der Waals surface area contributed by atoms with Gasteiger partial charge < -0.3 is 9.88 Å². The molecule has 0 atom stereocenters. The first kappa shape index (κ1) is 18.6. The van der Waals surface area contributed by atoms with E-state index >= 15 is 0 Å². The van der Waals surface area contributed by atoms with Crippen molar-refractivity contribution in [2.75, 3.05) is 13.1 Å². The van der Waals surface area contributed by atoms with Crippen molar-refractivity contribution in [3.8, 4) is 11.3 Å². The van der Waals surface area contributed by atoms with Gasteiger partial charge in [0.2, 0.25) is 0 Å². The second-order valence-electron chi connectivity index (χ2n) is 7.29. The van der Waals surface area contributed by atoms with Crippen molar-refractivity contribution in [3.05, 3.63) is 82.9 Å². The molecule has 150 valence electrons. The fourth-order valence-corrected chi connectivity index (χ4v) is 4.04. The molecule has 2 aromatic heterocycles. The van der Waals surface area contributed by atoms with E-state index in [0.29, 0.717) is 29.4 Å². The van der Waals surface area contributed by atoms with Crippen molar-refractivity contribution < 1.29 is 9.18 Å². The standard InChI is InChI=1S/C23H18ClFN4O/c24-16-3-1-15(2-4-16)22-20(13-27-28-22)23(30)29-9-7-14(8-10-29)19-12-26-21-11-17(25)5-6-18(19)21/h1-7,11-13,26H,8-10H2,(H,27,28). The van der Waals surface area contributed by atoms with Crippen LogP contribution in [0.4, 0.5) is 4.39 Å². The number of aromatic nitrogens is 3. The lowest BCUT2D eigenvalue weighted by Gasteiger charge is -2.26. The van der Waals surface area contributed by atoms with E-state index in [1.54, 1.807) is 24.4 Å². The number of fused-ring (bicyclic) bond motifs is 1. The Kier molecular flexibility index (Phi) is 4.64. The molecule has 7 heteroatoms. The van der Waals surface area contributed by atoms with Crippen LogP contribution >= 0.6 is 11.6 Å². The highest BCUT2D eigenvalue weighted by Crippen LogP contribution is 2.31. The molecule has 1 aliphatic heterocycles. The summed E-state index contributed by atoms with van der Waals surface area (Å²) in [5.41, 5.74) is 5.07. The molecule has 4 aromatic rings. The van der Waals surface area contributed by atoms with Crippen LogP contribution in [0.5, 0.6) is 0 Å². The maximum atomic E-state index is 13.4. The van der Waals surface area contributed by atoms with E-state index in [-0.39, 0.29) is 11.7 Å². The van der Waals surface area contributed by atoms with Gasteiger partial charge in [-0.15, -0.1) is 0 Å². The fraction of sp³-hybridized carbons (Fsp3) is 0.130. The number of hydrogen-bond donors (Lipinski definition) is 2. The average molecular weight is 421 g/mol. The largest absolute Gasteiger partial charge is 0.360 e. The van der Waals surface area contributed by atoms with Gasteiger partial charge in [0, 0.05) is 46.3 Å². The first-order valence-corrected chi connectivity index (χ1v) is 10.0. The molecule has 2 aromatic carbocycles. The number of hydrogen-bond acceptors (Lipinski definition) is 2. The SMILES string of the molecule is O=C(c1cn[nH]c1-c1ccc(Cl)cc1)N1CC=C(c2c[nH]c3cc(F)ccc23)CC1. The Morgan fingerprint density at radius 3 is 2.77 bits per heavy atom. The van der Waals surface area contributed by atoms with Crippen LogP contribution in [-0.2, 0) is 0 Å². The third kappa shape index (κ3) is 3.29. The molecule has 1 amide bonds. The minimum atomic E-state index is -0.262. The average Bonchev–Trinajstić information content (AvgIpc) is 3.41. The molecule has 0 radical (unpaired) electrons. The van der Waals surface area contributed by atoms with Crippen LogP contribution in [0.3, 0.4) is 0 Å². The highest BCUT2D eigenvalue weighted by molar-refractivity contribution is 6.30. The second-order valence-corrected chi connectivity index (χ2v) is 7.72. The summed E-state index contributed by atoms with van der Waals surface area (Å²) in [7, 11) is 0. The molecule has 0 unspecified atom stereocenters. The molecule has 5 nitrogen and oxygen atoms in total. The summed E-state index contributed by atoms with van der Waals surface area (Å²) in [6, 6.07) is 12.1. The second kappa shape index (κ2) is 7.46. The number of aromatic amines is 2. The molecule has 1 aliphatic rings. The molecule has 0 bridgehead atoms. The number of halogens is 2. The summed E-state index contributed by atoms with van der Waals surface area (Å²) in [4.78, 5) is 18.1. The monoisotopic (exact) mass is 420 g/mol. The van der Waals surface area contributed by atoms with Gasteiger partial charge in [0.15, 0.2) is 0 Å². The van der Waals surface area contributed by atoms with Crippen LogP contribution in [0.15, 0.2) is 60.9 Å². The number of rotatable bonds is 3. The van der Waals surface area contributed by atoms with Crippen molar-refractivity contribution in [3.63, 3.8) is 0 Å². The zero-order valence-corrected chi connectivity index (χ0v) is 16.7. The number of carbonyl (C=O) groups excluding carboxylic acids is 1. The number of benzene rings is 2. The van der Waals surface area contributed by atoms with E-state index in [4.69, 9.17) is 11.6 Å². The Balaban J connectivity index is 1.38. The zero-order chi connectivity index (χ0) is 20.7. The molecule has 0 saturated carbocycles. The van der Waals surface area contributed by atoms with Gasteiger partial charge in [-0.2, -0.15) is 5.10 Å². The molecule has 5 rings (SSSR count). The molecule has 2 N–H and O–H groups in total. The molecule has 3 heterocycles. The fourth-order valence-electron chi connectivity index (χ4n) is 3.92. The zero-order valence-electron chi connectivity index (χ0n) is 16.0. The van der Waals surface area contributed by atoms with Crippen molar-refractivity contribution in [2.24, 2.45) is 0 Å². The van der Waals surface area contributed by atoms with Crippen LogP contribution < -0.4 is 0 Å². The van der Waals surface area contributed by atoms with E-state index in [9.17, 15) is 9.18 Å². The van der Waals surface area contributed by atoms with Crippen molar-refractivity contribution in [1.82, 2.24) is 20.1 Å². The van der Waals surface area contributed by atoms with E-state index < -0.39 is 0 Å². The maximum Gasteiger partial charge on any atom is 0.257 e. The quantitative estimate of drug-likeness (QED) is 0.473. The van der Waals surface area contributed by atoms with Crippen molar-refractivity contribution in [2.45, 2.75) is 6.42 Å². The van der Waals surface area contributed by atoms with Crippen molar-refractivity contribution >= 4 is 34.0 Å². The summed E-state index contributed by atoms with van der Waals surface area (Å²) in [6.45, 7) is 1.11. The Morgan fingerprint density at radius 1 is 1.17 bits per heavy atom. The van der Waals surface area contributed by atoms with Gasteiger partial charge in [0.25, 0.3) is 5.91 Å². The van der Waals surface area contributed by atoms with Gasteiger partial charge in [0.05, 0.1) is 17.5 Å². The highest BCUT2D eigenvalue weighted by atomic mass is 35.5. The summed E-state index contributed by atoms with van der Waals surface area (Å²) >= 11 is 5.97. The third-order valence-corrected chi connectivity index (χ3v) is 5.74. The Labute approximate surface area is 177 Å². The van der Waals surface area contributed by atoms with Crippen LogP contribution in [0.25, 0.3) is 27.7 Å². The number of nitrogens with one attached hydrogen (secondary N) is 2. The smallest absolute Gasteiger partial charge is 0.257 e. The minimum absolute atomic E-state index is 0.0648. The van der Waals surface area contributed by atoms with Gasteiger partial charge in [-0.3, -0.25) is 9.89 Å². The number of amides is 1. The lowest BCUT2D eigenvalue weighted by Crippen LogP contribution is -2.34. The van der Waals surface area contributed by atoms with E-state index in [1.807, 2.05) is 23.2 Å². The van der Waals surface area contributed by atoms with E-state index in [1.165, 1.54) is 12.1 Å². The predicted molar refractivity (Wildman–Crippen MR) is 116 cm³/mol. The van der Waals surface area contributed by atoms with Crippen LogP contribution in [0, 0.1) is 5.82 Å². The van der Waals surface area contributed by atoms with Crippen LogP contribution in [0.1, 0.15) is 22.3 Å². The van der Waals surface area contributed by atoms with Crippen molar-refractivity contribution in [1.29, 1.82) is 0 Å². The Morgan fingerprint density at radius 2 is 2.00 bits per heavy atom. The predicted octanol–water partition coefficient (Wildman–Crippen LogP) is 5.28. The number of carbonyl (C=O) groups is 1. The summed E-state index contributed by atoms with van der Waals surface area (Å²) in [5.74, 6) is -0.327. The Bertz CT molecular complexity index is 1270. The normalized spacial score (nSPS) is 14.2. The van der Waals surface area contributed by atoms with Crippen LogP contribution in [0.2, 0.25) is 5.02 Å².